The molecule has 2 aromatic rings. The smallest absolute Gasteiger partial charge is 0.276 e. The molecule has 2 amide bonds. The third-order valence-corrected chi connectivity index (χ3v) is 4.26. The second-order valence-electron chi connectivity index (χ2n) is 6.73. The van der Waals surface area contributed by atoms with Crippen LogP contribution in [0.4, 0.5) is 0 Å². The summed E-state index contributed by atoms with van der Waals surface area (Å²) in [6.45, 7) is 6.24. The maximum absolute atomic E-state index is 12.5. The SMILES string of the molecule is CC(C)Cc1cc(C(=O)N2CCN(C(=O)c3ccccc3)CC2)no1. The van der Waals surface area contributed by atoms with E-state index in [2.05, 4.69) is 19.0 Å². The Kier molecular flexibility index (Phi) is 5.16. The lowest BCUT2D eigenvalue weighted by Gasteiger charge is -2.34. The maximum atomic E-state index is 12.5. The van der Waals surface area contributed by atoms with Gasteiger partial charge in [-0.2, -0.15) is 0 Å². The van der Waals surface area contributed by atoms with Gasteiger partial charge in [0.05, 0.1) is 0 Å². The Morgan fingerprint density at radius 3 is 2.24 bits per heavy atom. The van der Waals surface area contributed by atoms with Crippen LogP contribution in [-0.4, -0.2) is 52.9 Å². The van der Waals surface area contributed by atoms with Crippen molar-refractivity contribution in [2.75, 3.05) is 26.2 Å². The normalized spacial score (nSPS) is 14.8. The minimum Gasteiger partial charge on any atom is -0.361 e. The van der Waals surface area contributed by atoms with Gasteiger partial charge in [-0.25, -0.2) is 0 Å². The zero-order valence-corrected chi connectivity index (χ0v) is 14.6. The number of hydrogen-bond acceptors (Lipinski definition) is 4. The summed E-state index contributed by atoms with van der Waals surface area (Å²) in [6.07, 6.45) is 0.764. The van der Waals surface area contributed by atoms with Gasteiger partial charge in [0, 0.05) is 44.2 Å². The molecule has 0 aliphatic carbocycles. The van der Waals surface area contributed by atoms with E-state index in [1.807, 2.05) is 30.3 Å². The molecule has 0 spiro atoms. The van der Waals surface area contributed by atoms with Gasteiger partial charge < -0.3 is 14.3 Å². The molecule has 2 heterocycles. The summed E-state index contributed by atoms with van der Waals surface area (Å²) in [7, 11) is 0. The van der Waals surface area contributed by atoms with Crippen LogP contribution in [0, 0.1) is 5.92 Å². The predicted molar refractivity (Wildman–Crippen MR) is 93.3 cm³/mol. The molecular formula is C19H23N3O3. The summed E-state index contributed by atoms with van der Waals surface area (Å²) < 4.78 is 5.24. The molecule has 0 radical (unpaired) electrons. The van der Waals surface area contributed by atoms with Gasteiger partial charge in [-0.05, 0) is 18.1 Å². The van der Waals surface area contributed by atoms with Gasteiger partial charge in [0.1, 0.15) is 5.76 Å². The quantitative estimate of drug-likeness (QED) is 0.857. The van der Waals surface area contributed by atoms with Gasteiger partial charge >= 0.3 is 0 Å². The van der Waals surface area contributed by atoms with Crippen LogP contribution in [0.2, 0.25) is 0 Å². The summed E-state index contributed by atoms with van der Waals surface area (Å²) >= 11 is 0. The minimum atomic E-state index is -0.134. The maximum Gasteiger partial charge on any atom is 0.276 e. The molecule has 132 valence electrons. The summed E-state index contributed by atoms with van der Waals surface area (Å²) in [5, 5.41) is 3.90. The van der Waals surface area contributed by atoms with Gasteiger partial charge in [0.2, 0.25) is 0 Å². The van der Waals surface area contributed by atoms with E-state index in [0.29, 0.717) is 43.4 Å². The van der Waals surface area contributed by atoms with Crippen LogP contribution in [0.1, 0.15) is 40.5 Å². The molecule has 25 heavy (non-hydrogen) atoms. The number of piperazine rings is 1. The van der Waals surface area contributed by atoms with E-state index in [-0.39, 0.29) is 11.8 Å². The van der Waals surface area contributed by atoms with Crippen LogP contribution in [0.3, 0.4) is 0 Å². The molecule has 0 bridgehead atoms. The highest BCUT2D eigenvalue weighted by Crippen LogP contribution is 2.14. The van der Waals surface area contributed by atoms with Crippen molar-refractivity contribution in [2.45, 2.75) is 20.3 Å². The lowest BCUT2D eigenvalue weighted by atomic mass is 10.1. The highest BCUT2D eigenvalue weighted by molar-refractivity contribution is 5.95. The van der Waals surface area contributed by atoms with E-state index in [0.717, 1.165) is 12.2 Å². The monoisotopic (exact) mass is 341 g/mol. The van der Waals surface area contributed by atoms with Crippen molar-refractivity contribution in [1.82, 2.24) is 15.0 Å². The molecule has 6 heteroatoms. The summed E-state index contributed by atoms with van der Waals surface area (Å²) in [4.78, 5) is 28.5. The molecule has 0 unspecified atom stereocenters. The number of hydrogen-bond donors (Lipinski definition) is 0. The van der Waals surface area contributed by atoms with Crippen molar-refractivity contribution in [2.24, 2.45) is 5.92 Å². The second kappa shape index (κ2) is 7.51. The Morgan fingerprint density at radius 2 is 1.64 bits per heavy atom. The molecule has 0 N–H and O–H groups in total. The topological polar surface area (TPSA) is 66.7 Å². The van der Waals surface area contributed by atoms with Crippen molar-refractivity contribution >= 4 is 11.8 Å². The largest absolute Gasteiger partial charge is 0.361 e. The van der Waals surface area contributed by atoms with Crippen LogP contribution < -0.4 is 0 Å². The number of amides is 2. The molecule has 1 aromatic heterocycles. The van der Waals surface area contributed by atoms with Gasteiger partial charge in [-0.3, -0.25) is 9.59 Å². The number of rotatable bonds is 4. The van der Waals surface area contributed by atoms with Crippen molar-refractivity contribution in [3.63, 3.8) is 0 Å². The van der Waals surface area contributed by atoms with E-state index in [1.54, 1.807) is 15.9 Å². The lowest BCUT2D eigenvalue weighted by molar-refractivity contribution is 0.0530. The minimum absolute atomic E-state index is 0.00774. The zero-order valence-electron chi connectivity index (χ0n) is 14.6. The molecule has 3 rings (SSSR count). The molecule has 0 atom stereocenters. The van der Waals surface area contributed by atoms with E-state index < -0.39 is 0 Å². The standard InChI is InChI=1S/C19H23N3O3/c1-14(2)12-16-13-17(20-25-16)19(24)22-10-8-21(9-11-22)18(23)15-6-4-3-5-7-15/h3-7,13-14H,8-12H2,1-2H3. The lowest BCUT2D eigenvalue weighted by Crippen LogP contribution is -2.50. The summed E-state index contributed by atoms with van der Waals surface area (Å²) in [5.41, 5.74) is 1.02. The number of nitrogens with zero attached hydrogens (tertiary/aromatic N) is 3. The fourth-order valence-corrected chi connectivity index (χ4v) is 2.95. The van der Waals surface area contributed by atoms with Crippen molar-refractivity contribution in [3.8, 4) is 0 Å². The van der Waals surface area contributed by atoms with E-state index in [1.165, 1.54) is 0 Å². The number of aromatic nitrogens is 1. The van der Waals surface area contributed by atoms with Gasteiger partial charge in [-0.15, -0.1) is 0 Å². The predicted octanol–water partition coefficient (Wildman–Crippen LogP) is 2.47. The number of carbonyl (C=O) groups is 2. The average molecular weight is 341 g/mol. The Hall–Kier alpha value is -2.63. The molecule has 1 aliphatic heterocycles. The third-order valence-electron chi connectivity index (χ3n) is 4.26. The molecule has 1 aromatic carbocycles. The van der Waals surface area contributed by atoms with Crippen LogP contribution in [0.5, 0.6) is 0 Å². The number of benzene rings is 1. The second-order valence-corrected chi connectivity index (χ2v) is 6.73. The van der Waals surface area contributed by atoms with Crippen molar-refractivity contribution in [1.29, 1.82) is 0 Å². The van der Waals surface area contributed by atoms with Crippen LogP contribution in [0.25, 0.3) is 0 Å². The van der Waals surface area contributed by atoms with Crippen LogP contribution in [-0.2, 0) is 6.42 Å². The Bertz CT molecular complexity index is 731. The fourth-order valence-electron chi connectivity index (χ4n) is 2.95. The highest BCUT2D eigenvalue weighted by atomic mass is 16.5. The molecule has 0 saturated carbocycles. The van der Waals surface area contributed by atoms with Crippen LogP contribution in [0.15, 0.2) is 40.9 Å². The summed E-state index contributed by atoms with van der Waals surface area (Å²) in [5.74, 6) is 1.05. The number of carbonyl (C=O) groups excluding carboxylic acids is 2. The Morgan fingerprint density at radius 1 is 1.04 bits per heavy atom. The van der Waals surface area contributed by atoms with E-state index in [9.17, 15) is 9.59 Å². The molecule has 1 aliphatic rings. The zero-order chi connectivity index (χ0) is 17.8. The molecule has 1 fully saturated rings. The van der Waals surface area contributed by atoms with E-state index >= 15 is 0 Å². The summed E-state index contributed by atoms with van der Waals surface area (Å²) in [6, 6.07) is 10.9. The average Bonchev–Trinajstić information content (AvgIpc) is 3.09. The Labute approximate surface area is 147 Å². The molecular weight excluding hydrogens is 318 g/mol. The molecule has 1 saturated heterocycles. The van der Waals surface area contributed by atoms with Crippen molar-refractivity contribution < 1.29 is 14.1 Å². The first-order valence-electron chi connectivity index (χ1n) is 8.64. The van der Waals surface area contributed by atoms with Gasteiger partial charge in [0.25, 0.3) is 11.8 Å². The first-order chi connectivity index (χ1) is 12.0. The highest BCUT2D eigenvalue weighted by Gasteiger charge is 2.27. The van der Waals surface area contributed by atoms with Gasteiger partial charge in [-0.1, -0.05) is 37.2 Å². The first-order valence-corrected chi connectivity index (χ1v) is 8.64. The van der Waals surface area contributed by atoms with Crippen LogP contribution >= 0.6 is 0 Å². The Balaban J connectivity index is 1.57. The first kappa shape index (κ1) is 17.2. The van der Waals surface area contributed by atoms with Gasteiger partial charge in [0.15, 0.2) is 5.69 Å². The molecule has 6 nitrogen and oxygen atoms in total. The van der Waals surface area contributed by atoms with E-state index in [4.69, 9.17) is 4.52 Å². The third kappa shape index (κ3) is 4.07. The van der Waals surface area contributed by atoms with Crippen molar-refractivity contribution in [3.05, 3.63) is 53.4 Å². The fraction of sp³-hybridized carbons (Fsp3) is 0.421.